The third-order valence-electron chi connectivity index (χ3n) is 5.13. The fraction of sp³-hybridized carbons (Fsp3) is 0.750. The summed E-state index contributed by atoms with van der Waals surface area (Å²) in [7, 11) is 0. The van der Waals surface area contributed by atoms with Crippen LogP contribution >= 0.6 is 11.3 Å². The van der Waals surface area contributed by atoms with Crippen molar-refractivity contribution in [1.29, 1.82) is 0 Å². The Morgan fingerprint density at radius 1 is 1.33 bits per heavy atom. The minimum atomic E-state index is 0.628. The molecule has 1 aromatic rings. The molecule has 2 aliphatic carbocycles. The van der Waals surface area contributed by atoms with Crippen LogP contribution in [0.1, 0.15) is 57.4 Å². The molecule has 2 atom stereocenters. The highest BCUT2D eigenvalue weighted by atomic mass is 32.1. The van der Waals surface area contributed by atoms with Crippen LogP contribution in [0.4, 0.5) is 0 Å². The molecular weight excluding hydrogens is 238 g/mol. The molecule has 0 saturated heterocycles. The van der Waals surface area contributed by atoms with Crippen LogP contribution in [0.2, 0.25) is 0 Å². The molecule has 1 nitrogen and oxygen atoms in total. The lowest BCUT2D eigenvalue weighted by atomic mass is 9.57. The highest BCUT2D eigenvalue weighted by Crippen LogP contribution is 2.51. The molecule has 3 rings (SSSR count). The molecular formula is C16H25NS. The minimum absolute atomic E-state index is 0.628. The molecule has 1 aromatic heterocycles. The zero-order valence-electron chi connectivity index (χ0n) is 11.5. The van der Waals surface area contributed by atoms with Crippen LogP contribution in [0.25, 0.3) is 0 Å². The fourth-order valence-corrected chi connectivity index (χ4v) is 4.66. The van der Waals surface area contributed by atoms with E-state index in [1.54, 1.807) is 0 Å². The highest BCUT2D eigenvalue weighted by Gasteiger charge is 2.46. The molecule has 1 heterocycles. The average molecular weight is 263 g/mol. The number of thiophene rings is 1. The largest absolute Gasteiger partial charge is 0.311 e. The molecule has 0 aromatic carbocycles. The van der Waals surface area contributed by atoms with Gasteiger partial charge in [-0.3, -0.25) is 0 Å². The molecule has 0 radical (unpaired) electrons. The predicted octanol–water partition coefficient (Wildman–Crippen LogP) is 4.38. The summed E-state index contributed by atoms with van der Waals surface area (Å²) in [6.07, 6.45) is 11.5. The predicted molar refractivity (Wildman–Crippen MR) is 79.2 cm³/mol. The van der Waals surface area contributed by atoms with Gasteiger partial charge in [0, 0.05) is 12.1 Å². The third-order valence-corrected chi connectivity index (χ3v) is 5.86. The van der Waals surface area contributed by atoms with E-state index in [4.69, 9.17) is 0 Å². The summed E-state index contributed by atoms with van der Waals surface area (Å²) >= 11 is 1.81. The van der Waals surface area contributed by atoms with Gasteiger partial charge in [-0.25, -0.2) is 0 Å². The van der Waals surface area contributed by atoms with E-state index in [1.807, 2.05) is 11.3 Å². The van der Waals surface area contributed by atoms with Crippen molar-refractivity contribution in [3.63, 3.8) is 0 Å². The van der Waals surface area contributed by atoms with E-state index in [1.165, 1.54) is 56.9 Å². The summed E-state index contributed by atoms with van der Waals surface area (Å²) in [5.41, 5.74) is 2.19. The first-order chi connectivity index (χ1) is 8.78. The number of rotatable bonds is 4. The summed E-state index contributed by atoms with van der Waals surface area (Å²) < 4.78 is 0. The van der Waals surface area contributed by atoms with E-state index < -0.39 is 0 Å². The Kier molecular flexibility index (Phi) is 3.76. The highest BCUT2D eigenvalue weighted by molar-refractivity contribution is 7.07. The summed E-state index contributed by atoms with van der Waals surface area (Å²) in [5.74, 6) is 0. The smallest absolute Gasteiger partial charge is 0.0126 e. The van der Waals surface area contributed by atoms with E-state index in [2.05, 4.69) is 29.1 Å². The normalized spacial score (nSPS) is 27.9. The number of hydrogen-bond acceptors (Lipinski definition) is 2. The first-order valence-corrected chi connectivity index (χ1v) is 8.50. The van der Waals surface area contributed by atoms with E-state index in [9.17, 15) is 0 Å². The van der Waals surface area contributed by atoms with Gasteiger partial charge in [0.2, 0.25) is 0 Å². The Bertz CT molecular complexity index is 364. The van der Waals surface area contributed by atoms with Crippen LogP contribution in [0, 0.1) is 5.41 Å². The zero-order valence-corrected chi connectivity index (χ0v) is 12.3. The Balaban J connectivity index is 1.53. The zero-order chi connectivity index (χ0) is 12.4. The van der Waals surface area contributed by atoms with Crippen LogP contribution in [-0.4, -0.2) is 12.1 Å². The Labute approximate surface area is 115 Å². The molecule has 2 saturated carbocycles. The lowest BCUT2D eigenvalue weighted by Crippen LogP contribution is -2.56. The standard InChI is InChI=1S/C16H25NS/c1-13(11-14-6-10-18-12-14)17-15-5-9-16(15)7-3-2-4-8-16/h6,10,12-13,15,17H,2-5,7-9,11H2,1H3. The van der Waals surface area contributed by atoms with Crippen LogP contribution in [0.15, 0.2) is 16.8 Å². The van der Waals surface area contributed by atoms with Gasteiger partial charge in [-0.05, 0) is 66.8 Å². The SMILES string of the molecule is CC(Cc1ccsc1)NC1CCC12CCCCC2. The van der Waals surface area contributed by atoms with Crippen molar-refractivity contribution in [3.05, 3.63) is 22.4 Å². The van der Waals surface area contributed by atoms with Crippen LogP contribution in [-0.2, 0) is 6.42 Å². The first-order valence-electron chi connectivity index (χ1n) is 7.56. The van der Waals surface area contributed by atoms with Crippen molar-refractivity contribution < 1.29 is 0 Å². The molecule has 2 aliphatic rings. The lowest BCUT2D eigenvalue weighted by molar-refractivity contribution is 0.0176. The van der Waals surface area contributed by atoms with Gasteiger partial charge < -0.3 is 5.32 Å². The van der Waals surface area contributed by atoms with Crippen molar-refractivity contribution in [1.82, 2.24) is 5.32 Å². The molecule has 2 unspecified atom stereocenters. The second-order valence-corrected chi connectivity index (χ2v) is 7.20. The van der Waals surface area contributed by atoms with Crippen molar-refractivity contribution in [2.24, 2.45) is 5.41 Å². The van der Waals surface area contributed by atoms with Gasteiger partial charge in [0.15, 0.2) is 0 Å². The van der Waals surface area contributed by atoms with E-state index >= 15 is 0 Å². The van der Waals surface area contributed by atoms with E-state index in [0.29, 0.717) is 11.5 Å². The van der Waals surface area contributed by atoms with Crippen LogP contribution in [0.3, 0.4) is 0 Å². The van der Waals surface area contributed by atoms with Gasteiger partial charge in [0.25, 0.3) is 0 Å². The van der Waals surface area contributed by atoms with Gasteiger partial charge >= 0.3 is 0 Å². The molecule has 2 fully saturated rings. The first kappa shape index (κ1) is 12.7. The Morgan fingerprint density at radius 2 is 2.17 bits per heavy atom. The third kappa shape index (κ3) is 2.50. The fourth-order valence-electron chi connectivity index (χ4n) is 3.98. The number of nitrogens with one attached hydrogen (secondary N) is 1. The summed E-state index contributed by atoms with van der Waals surface area (Å²) in [6.45, 7) is 2.35. The molecule has 18 heavy (non-hydrogen) atoms. The Morgan fingerprint density at radius 3 is 2.78 bits per heavy atom. The van der Waals surface area contributed by atoms with Crippen molar-refractivity contribution >= 4 is 11.3 Å². The van der Waals surface area contributed by atoms with Gasteiger partial charge in [-0.1, -0.05) is 19.3 Å². The number of hydrogen-bond donors (Lipinski definition) is 1. The monoisotopic (exact) mass is 263 g/mol. The van der Waals surface area contributed by atoms with E-state index in [-0.39, 0.29) is 0 Å². The summed E-state index contributed by atoms with van der Waals surface area (Å²) in [4.78, 5) is 0. The second kappa shape index (κ2) is 5.34. The van der Waals surface area contributed by atoms with Gasteiger partial charge in [-0.15, -0.1) is 0 Å². The summed E-state index contributed by atoms with van der Waals surface area (Å²) in [6, 6.07) is 3.70. The topological polar surface area (TPSA) is 12.0 Å². The maximum Gasteiger partial charge on any atom is 0.0126 e. The van der Waals surface area contributed by atoms with Crippen molar-refractivity contribution in [2.45, 2.75) is 70.4 Å². The maximum atomic E-state index is 3.92. The van der Waals surface area contributed by atoms with Crippen LogP contribution in [0.5, 0.6) is 0 Å². The van der Waals surface area contributed by atoms with Crippen LogP contribution < -0.4 is 5.32 Å². The molecule has 100 valence electrons. The van der Waals surface area contributed by atoms with Crippen molar-refractivity contribution in [2.75, 3.05) is 0 Å². The Hall–Kier alpha value is -0.340. The molecule has 0 aliphatic heterocycles. The van der Waals surface area contributed by atoms with Crippen molar-refractivity contribution in [3.8, 4) is 0 Å². The summed E-state index contributed by atoms with van der Waals surface area (Å²) in [5, 5.41) is 8.40. The maximum absolute atomic E-state index is 3.92. The quantitative estimate of drug-likeness (QED) is 0.850. The molecule has 1 N–H and O–H groups in total. The minimum Gasteiger partial charge on any atom is -0.311 e. The molecule has 1 spiro atoms. The molecule has 2 heteroatoms. The average Bonchev–Trinajstić information content (AvgIpc) is 2.88. The van der Waals surface area contributed by atoms with Gasteiger partial charge in [0.1, 0.15) is 0 Å². The molecule has 0 bridgehead atoms. The lowest BCUT2D eigenvalue weighted by Gasteiger charge is -2.53. The van der Waals surface area contributed by atoms with Gasteiger partial charge in [-0.2, -0.15) is 11.3 Å². The van der Waals surface area contributed by atoms with Gasteiger partial charge in [0.05, 0.1) is 0 Å². The van der Waals surface area contributed by atoms with E-state index in [0.717, 1.165) is 6.04 Å². The second-order valence-electron chi connectivity index (χ2n) is 6.42. The molecule has 0 amide bonds.